The first-order chi connectivity index (χ1) is 8.60. The van der Waals surface area contributed by atoms with E-state index in [4.69, 9.17) is 16.3 Å². The van der Waals surface area contributed by atoms with Gasteiger partial charge in [-0.15, -0.1) is 0 Å². The maximum absolute atomic E-state index is 11.9. The van der Waals surface area contributed by atoms with E-state index in [-0.39, 0.29) is 11.9 Å². The van der Waals surface area contributed by atoms with E-state index in [1.807, 2.05) is 6.92 Å². The fraction of sp³-hybridized carbons (Fsp3) is 0.462. The van der Waals surface area contributed by atoms with Gasteiger partial charge in [-0.25, -0.2) is 0 Å². The van der Waals surface area contributed by atoms with Gasteiger partial charge in [0, 0.05) is 11.7 Å². The maximum atomic E-state index is 11.9. The fourth-order valence-corrected chi connectivity index (χ4v) is 1.93. The summed E-state index contributed by atoms with van der Waals surface area (Å²) >= 11 is 5.99. The first kappa shape index (κ1) is 13.2. The second-order valence-electron chi connectivity index (χ2n) is 4.50. The number of hydrogen-bond donors (Lipinski definition) is 2. The van der Waals surface area contributed by atoms with E-state index >= 15 is 0 Å². The molecule has 0 saturated heterocycles. The van der Waals surface area contributed by atoms with Crippen LogP contribution in [0.1, 0.15) is 19.8 Å². The highest BCUT2D eigenvalue weighted by atomic mass is 35.5. The summed E-state index contributed by atoms with van der Waals surface area (Å²) in [5, 5.41) is 6.55. The van der Waals surface area contributed by atoms with E-state index in [0.717, 1.165) is 12.8 Å². The summed E-state index contributed by atoms with van der Waals surface area (Å²) in [6.45, 7) is 1.86. The number of nitrogens with one attached hydrogen (secondary N) is 2. The quantitative estimate of drug-likeness (QED) is 0.862. The Labute approximate surface area is 112 Å². The monoisotopic (exact) mass is 268 g/mol. The molecule has 4 nitrogen and oxygen atoms in total. The van der Waals surface area contributed by atoms with E-state index in [1.165, 1.54) is 0 Å². The van der Waals surface area contributed by atoms with Crippen LogP contribution in [0.5, 0.6) is 5.75 Å². The zero-order chi connectivity index (χ0) is 13.1. The molecule has 1 aromatic rings. The van der Waals surface area contributed by atoms with Gasteiger partial charge in [0.05, 0.1) is 18.2 Å². The van der Waals surface area contributed by atoms with Crippen molar-refractivity contribution < 1.29 is 9.53 Å². The van der Waals surface area contributed by atoms with Crippen LogP contribution in [-0.2, 0) is 4.79 Å². The maximum Gasteiger partial charge on any atom is 0.241 e. The van der Waals surface area contributed by atoms with E-state index in [1.54, 1.807) is 25.3 Å². The zero-order valence-corrected chi connectivity index (χ0v) is 11.3. The van der Waals surface area contributed by atoms with Crippen LogP contribution in [0.15, 0.2) is 18.2 Å². The average molecular weight is 269 g/mol. The standard InChI is InChI=1S/C13H17ClN2O2/c1-8(15-9-3-4-9)13(17)16-10-5-6-12(18-2)11(14)7-10/h5-9,15H,3-4H2,1-2H3,(H,16,17). The molecule has 1 aliphatic carbocycles. The summed E-state index contributed by atoms with van der Waals surface area (Å²) in [7, 11) is 1.56. The van der Waals surface area contributed by atoms with E-state index in [2.05, 4.69) is 10.6 Å². The first-order valence-corrected chi connectivity index (χ1v) is 6.38. The van der Waals surface area contributed by atoms with Gasteiger partial charge in [-0.05, 0) is 38.0 Å². The van der Waals surface area contributed by atoms with Crippen molar-refractivity contribution in [2.75, 3.05) is 12.4 Å². The Morgan fingerprint density at radius 1 is 1.50 bits per heavy atom. The van der Waals surface area contributed by atoms with Gasteiger partial charge in [-0.1, -0.05) is 11.6 Å². The minimum atomic E-state index is -0.196. The predicted octanol–water partition coefficient (Wildman–Crippen LogP) is 2.43. The Morgan fingerprint density at radius 3 is 2.78 bits per heavy atom. The van der Waals surface area contributed by atoms with E-state index < -0.39 is 0 Å². The molecule has 1 unspecified atom stereocenters. The van der Waals surface area contributed by atoms with Crippen LogP contribution in [0.2, 0.25) is 5.02 Å². The topological polar surface area (TPSA) is 50.4 Å². The number of benzene rings is 1. The molecule has 0 heterocycles. The highest BCUT2D eigenvalue weighted by Gasteiger charge is 2.25. The third kappa shape index (κ3) is 3.37. The molecule has 1 aromatic carbocycles. The number of hydrogen-bond acceptors (Lipinski definition) is 3. The SMILES string of the molecule is COc1ccc(NC(=O)C(C)NC2CC2)cc1Cl. The Balaban J connectivity index is 1.95. The minimum Gasteiger partial charge on any atom is -0.495 e. The van der Waals surface area contributed by atoms with Crippen molar-refractivity contribution in [2.45, 2.75) is 31.8 Å². The predicted molar refractivity (Wildman–Crippen MR) is 72.3 cm³/mol. The fourth-order valence-electron chi connectivity index (χ4n) is 1.67. The summed E-state index contributed by atoms with van der Waals surface area (Å²) in [6.07, 6.45) is 2.32. The molecular formula is C13H17ClN2O2. The molecule has 1 aliphatic rings. The number of amides is 1. The van der Waals surface area contributed by atoms with Gasteiger partial charge in [-0.3, -0.25) is 4.79 Å². The molecule has 0 radical (unpaired) electrons. The van der Waals surface area contributed by atoms with Gasteiger partial charge >= 0.3 is 0 Å². The highest BCUT2D eigenvalue weighted by molar-refractivity contribution is 6.32. The summed E-state index contributed by atoms with van der Waals surface area (Å²) in [4.78, 5) is 11.9. The number of methoxy groups -OCH3 is 1. The van der Waals surface area contributed by atoms with Gasteiger partial charge in [0.25, 0.3) is 0 Å². The molecule has 1 saturated carbocycles. The molecule has 2 rings (SSSR count). The average Bonchev–Trinajstić information content (AvgIpc) is 3.13. The van der Waals surface area contributed by atoms with Crippen LogP contribution in [0.3, 0.4) is 0 Å². The Bertz CT molecular complexity index is 447. The minimum absolute atomic E-state index is 0.0527. The lowest BCUT2D eigenvalue weighted by atomic mass is 10.2. The summed E-state index contributed by atoms with van der Waals surface area (Å²) in [5.41, 5.74) is 0.676. The van der Waals surface area contributed by atoms with Crippen molar-refractivity contribution in [3.8, 4) is 5.75 Å². The van der Waals surface area contributed by atoms with Gasteiger partial charge in [0.2, 0.25) is 5.91 Å². The van der Waals surface area contributed by atoms with Crippen molar-refractivity contribution in [3.05, 3.63) is 23.2 Å². The molecule has 2 N–H and O–H groups in total. The van der Waals surface area contributed by atoms with Crippen molar-refractivity contribution in [1.29, 1.82) is 0 Å². The van der Waals surface area contributed by atoms with Crippen LogP contribution >= 0.6 is 11.6 Å². The Kier molecular flexibility index (Phi) is 4.09. The van der Waals surface area contributed by atoms with Gasteiger partial charge in [-0.2, -0.15) is 0 Å². The Hall–Kier alpha value is -1.26. The molecule has 18 heavy (non-hydrogen) atoms. The number of carbonyl (C=O) groups is 1. The molecule has 5 heteroatoms. The lowest BCUT2D eigenvalue weighted by Crippen LogP contribution is -2.39. The summed E-state index contributed by atoms with van der Waals surface area (Å²) < 4.78 is 5.06. The lowest BCUT2D eigenvalue weighted by molar-refractivity contribution is -0.117. The second kappa shape index (κ2) is 5.59. The summed E-state index contributed by atoms with van der Waals surface area (Å²) in [5.74, 6) is 0.543. The highest BCUT2D eigenvalue weighted by Crippen LogP contribution is 2.27. The molecule has 1 amide bonds. The van der Waals surface area contributed by atoms with Crippen LogP contribution < -0.4 is 15.4 Å². The normalized spacial score (nSPS) is 16.2. The molecule has 0 aromatic heterocycles. The van der Waals surface area contributed by atoms with Gasteiger partial charge in [0.1, 0.15) is 5.75 Å². The molecule has 0 spiro atoms. The summed E-state index contributed by atoms with van der Waals surface area (Å²) in [6, 6.07) is 5.49. The molecule has 0 aliphatic heterocycles. The largest absolute Gasteiger partial charge is 0.495 e. The van der Waals surface area contributed by atoms with Crippen LogP contribution in [0.4, 0.5) is 5.69 Å². The van der Waals surface area contributed by atoms with Gasteiger partial charge < -0.3 is 15.4 Å². The lowest BCUT2D eigenvalue weighted by Gasteiger charge is -2.14. The van der Waals surface area contributed by atoms with E-state index in [9.17, 15) is 4.79 Å². The number of ether oxygens (including phenoxy) is 1. The Morgan fingerprint density at radius 2 is 2.22 bits per heavy atom. The first-order valence-electron chi connectivity index (χ1n) is 6.00. The molecule has 1 fully saturated rings. The van der Waals surface area contributed by atoms with Crippen molar-refractivity contribution >= 4 is 23.2 Å². The second-order valence-corrected chi connectivity index (χ2v) is 4.91. The third-order valence-corrected chi connectivity index (χ3v) is 3.17. The smallest absolute Gasteiger partial charge is 0.241 e. The van der Waals surface area contributed by atoms with Crippen molar-refractivity contribution in [1.82, 2.24) is 5.32 Å². The third-order valence-electron chi connectivity index (χ3n) is 2.88. The molecule has 0 bridgehead atoms. The number of anilines is 1. The number of carbonyl (C=O) groups excluding carboxylic acids is 1. The number of rotatable bonds is 5. The zero-order valence-electron chi connectivity index (χ0n) is 10.5. The molecule has 98 valence electrons. The van der Waals surface area contributed by atoms with E-state index in [0.29, 0.717) is 22.5 Å². The van der Waals surface area contributed by atoms with Crippen molar-refractivity contribution in [3.63, 3.8) is 0 Å². The molecule has 1 atom stereocenters. The molecular weight excluding hydrogens is 252 g/mol. The van der Waals surface area contributed by atoms with Crippen LogP contribution in [-0.4, -0.2) is 25.1 Å². The van der Waals surface area contributed by atoms with Gasteiger partial charge in [0.15, 0.2) is 0 Å². The number of halogens is 1. The van der Waals surface area contributed by atoms with Crippen LogP contribution in [0.25, 0.3) is 0 Å². The van der Waals surface area contributed by atoms with Crippen LogP contribution in [0, 0.1) is 0 Å². The van der Waals surface area contributed by atoms with Crippen molar-refractivity contribution in [2.24, 2.45) is 0 Å².